The second-order valence-electron chi connectivity index (χ2n) is 4.30. The summed E-state index contributed by atoms with van der Waals surface area (Å²) in [5, 5.41) is 8.98. The molecule has 1 atom stereocenters. The molecule has 108 valence electrons. The highest BCUT2D eigenvalue weighted by atomic mass is 35.5. The highest BCUT2D eigenvalue weighted by Gasteiger charge is 2.21. The van der Waals surface area contributed by atoms with Gasteiger partial charge in [0.2, 0.25) is 10.0 Å². The van der Waals surface area contributed by atoms with Gasteiger partial charge in [0.15, 0.2) is 0 Å². The second-order valence-corrected chi connectivity index (χ2v) is 6.41. The Morgan fingerprint density at radius 2 is 2.16 bits per heavy atom. The molecule has 7 heteroatoms. The molecule has 5 nitrogen and oxygen atoms in total. The van der Waals surface area contributed by atoms with Crippen LogP contribution >= 0.6 is 11.6 Å². The van der Waals surface area contributed by atoms with Crippen LogP contribution in [0.4, 0.5) is 5.69 Å². The van der Waals surface area contributed by atoms with Crippen LogP contribution in [0.15, 0.2) is 23.1 Å². The first-order valence-electron chi connectivity index (χ1n) is 6.06. The lowest BCUT2D eigenvalue weighted by Crippen LogP contribution is -2.30. The fraction of sp³-hybridized carbons (Fsp3) is 0.500. The molecule has 0 aliphatic heterocycles. The van der Waals surface area contributed by atoms with Gasteiger partial charge in [-0.3, -0.25) is 0 Å². The van der Waals surface area contributed by atoms with Gasteiger partial charge in [0.25, 0.3) is 0 Å². The van der Waals surface area contributed by atoms with Gasteiger partial charge in [-0.15, -0.1) is 0 Å². The SMILES string of the molecule is CCC(CCO)CNS(=O)(=O)c1c(N)cccc1Cl. The summed E-state index contributed by atoms with van der Waals surface area (Å²) in [7, 11) is -3.73. The Morgan fingerprint density at radius 1 is 1.47 bits per heavy atom. The molecule has 0 bridgehead atoms. The van der Waals surface area contributed by atoms with Crippen molar-refractivity contribution < 1.29 is 13.5 Å². The highest BCUT2D eigenvalue weighted by molar-refractivity contribution is 7.89. The van der Waals surface area contributed by atoms with Crippen LogP contribution in [0.3, 0.4) is 0 Å². The maximum Gasteiger partial charge on any atom is 0.244 e. The fourth-order valence-corrected chi connectivity index (χ4v) is 3.53. The van der Waals surface area contributed by atoms with E-state index in [1.165, 1.54) is 12.1 Å². The first-order chi connectivity index (χ1) is 8.92. The van der Waals surface area contributed by atoms with E-state index in [-0.39, 0.29) is 34.7 Å². The van der Waals surface area contributed by atoms with E-state index in [1.807, 2.05) is 6.92 Å². The summed E-state index contributed by atoms with van der Waals surface area (Å²) in [4.78, 5) is -0.0875. The number of nitrogen functional groups attached to an aromatic ring is 1. The Morgan fingerprint density at radius 3 is 2.68 bits per heavy atom. The first kappa shape index (κ1) is 16.2. The monoisotopic (exact) mass is 306 g/mol. The van der Waals surface area contributed by atoms with Crippen LogP contribution < -0.4 is 10.5 Å². The van der Waals surface area contributed by atoms with Gasteiger partial charge in [0.05, 0.1) is 10.7 Å². The molecule has 0 saturated carbocycles. The Labute approximate surface area is 118 Å². The van der Waals surface area contributed by atoms with Crippen molar-refractivity contribution in [1.82, 2.24) is 4.72 Å². The molecular weight excluding hydrogens is 288 g/mol. The number of halogens is 1. The molecule has 1 aromatic rings. The summed E-state index contributed by atoms with van der Waals surface area (Å²) in [5.41, 5.74) is 5.78. The van der Waals surface area contributed by atoms with E-state index in [0.29, 0.717) is 6.42 Å². The number of benzene rings is 1. The largest absolute Gasteiger partial charge is 0.398 e. The molecule has 0 saturated heterocycles. The minimum atomic E-state index is -3.73. The van der Waals surface area contributed by atoms with Crippen molar-refractivity contribution >= 4 is 27.3 Å². The second kappa shape index (κ2) is 7.09. The topological polar surface area (TPSA) is 92.4 Å². The molecule has 0 spiro atoms. The van der Waals surface area contributed by atoms with Gasteiger partial charge in [-0.1, -0.05) is 31.0 Å². The number of aliphatic hydroxyl groups is 1. The van der Waals surface area contributed by atoms with E-state index >= 15 is 0 Å². The van der Waals surface area contributed by atoms with Crippen molar-refractivity contribution in [2.75, 3.05) is 18.9 Å². The zero-order valence-corrected chi connectivity index (χ0v) is 12.3. The van der Waals surface area contributed by atoms with Crippen molar-refractivity contribution in [1.29, 1.82) is 0 Å². The molecule has 0 aliphatic rings. The van der Waals surface area contributed by atoms with Gasteiger partial charge < -0.3 is 10.8 Å². The standard InChI is InChI=1S/C12H19ClN2O3S/c1-2-9(6-7-16)8-15-19(17,18)12-10(13)4-3-5-11(12)14/h3-5,9,15-16H,2,6-8,14H2,1H3. The van der Waals surface area contributed by atoms with Crippen LogP contribution in [0.5, 0.6) is 0 Å². The van der Waals surface area contributed by atoms with Crippen molar-refractivity contribution in [3.8, 4) is 0 Å². The summed E-state index contributed by atoms with van der Waals surface area (Å²) in [6.45, 7) is 2.23. The number of rotatable bonds is 7. The minimum absolute atomic E-state index is 0.0362. The summed E-state index contributed by atoms with van der Waals surface area (Å²) >= 11 is 5.89. The molecule has 0 amide bonds. The Balaban J connectivity index is 2.87. The van der Waals surface area contributed by atoms with Gasteiger partial charge in [-0.2, -0.15) is 0 Å². The highest BCUT2D eigenvalue weighted by Crippen LogP contribution is 2.26. The molecule has 0 aromatic heterocycles. The first-order valence-corrected chi connectivity index (χ1v) is 7.93. The van der Waals surface area contributed by atoms with E-state index in [2.05, 4.69) is 4.72 Å². The quantitative estimate of drug-likeness (QED) is 0.667. The van der Waals surface area contributed by atoms with Crippen LogP contribution in [0.25, 0.3) is 0 Å². The van der Waals surface area contributed by atoms with Crippen molar-refractivity contribution in [3.05, 3.63) is 23.2 Å². The fourth-order valence-electron chi connectivity index (χ4n) is 1.74. The molecule has 0 fully saturated rings. The Bertz CT molecular complexity index is 499. The lowest BCUT2D eigenvalue weighted by molar-refractivity contribution is 0.254. The molecule has 1 unspecified atom stereocenters. The van der Waals surface area contributed by atoms with E-state index < -0.39 is 10.0 Å². The number of anilines is 1. The molecule has 0 radical (unpaired) electrons. The smallest absolute Gasteiger partial charge is 0.244 e. The van der Waals surface area contributed by atoms with E-state index in [1.54, 1.807) is 6.07 Å². The molecule has 1 rings (SSSR count). The predicted molar refractivity (Wildman–Crippen MR) is 76.5 cm³/mol. The van der Waals surface area contributed by atoms with Crippen LogP contribution in [-0.4, -0.2) is 26.7 Å². The molecule has 0 aliphatic carbocycles. The molecular formula is C12H19ClN2O3S. The van der Waals surface area contributed by atoms with Crippen LogP contribution in [0, 0.1) is 5.92 Å². The summed E-state index contributed by atoms with van der Waals surface area (Å²) < 4.78 is 26.8. The van der Waals surface area contributed by atoms with Crippen LogP contribution in [0.1, 0.15) is 19.8 Å². The third kappa shape index (κ3) is 4.35. The third-order valence-corrected chi connectivity index (χ3v) is 4.91. The van der Waals surface area contributed by atoms with Crippen molar-refractivity contribution in [2.24, 2.45) is 5.92 Å². The van der Waals surface area contributed by atoms with Gasteiger partial charge in [-0.05, 0) is 24.5 Å². The maximum atomic E-state index is 12.2. The summed E-state index contributed by atoms with van der Waals surface area (Å²) in [6, 6.07) is 4.57. The number of aliphatic hydroxyl groups excluding tert-OH is 1. The average Bonchev–Trinajstić information content (AvgIpc) is 2.34. The number of sulfonamides is 1. The van der Waals surface area contributed by atoms with Gasteiger partial charge in [-0.25, -0.2) is 13.1 Å². The van der Waals surface area contributed by atoms with E-state index in [4.69, 9.17) is 22.4 Å². The van der Waals surface area contributed by atoms with E-state index in [9.17, 15) is 8.42 Å². The Kier molecular flexibility index (Phi) is 6.06. The number of hydrogen-bond donors (Lipinski definition) is 3. The molecule has 4 N–H and O–H groups in total. The number of hydrogen-bond acceptors (Lipinski definition) is 4. The molecule has 0 heterocycles. The predicted octanol–water partition coefficient (Wildman–Crippen LogP) is 1.61. The van der Waals surface area contributed by atoms with Crippen LogP contribution in [-0.2, 0) is 10.0 Å². The van der Waals surface area contributed by atoms with Gasteiger partial charge in [0, 0.05) is 13.2 Å². The minimum Gasteiger partial charge on any atom is -0.398 e. The lowest BCUT2D eigenvalue weighted by Gasteiger charge is -2.15. The van der Waals surface area contributed by atoms with Crippen molar-refractivity contribution in [2.45, 2.75) is 24.7 Å². The summed E-state index contributed by atoms with van der Waals surface area (Å²) in [5.74, 6) is 0.0866. The Hall–Kier alpha value is -0.820. The van der Waals surface area contributed by atoms with Gasteiger partial charge >= 0.3 is 0 Å². The molecule has 19 heavy (non-hydrogen) atoms. The zero-order chi connectivity index (χ0) is 14.5. The number of nitrogens with one attached hydrogen (secondary N) is 1. The average molecular weight is 307 g/mol. The zero-order valence-electron chi connectivity index (χ0n) is 10.8. The molecule has 1 aromatic carbocycles. The van der Waals surface area contributed by atoms with Crippen molar-refractivity contribution in [3.63, 3.8) is 0 Å². The summed E-state index contributed by atoms with van der Waals surface area (Å²) in [6.07, 6.45) is 1.33. The third-order valence-electron chi connectivity index (χ3n) is 2.94. The normalized spacial score (nSPS) is 13.4. The van der Waals surface area contributed by atoms with Gasteiger partial charge in [0.1, 0.15) is 4.90 Å². The number of nitrogens with two attached hydrogens (primary N) is 1. The lowest BCUT2D eigenvalue weighted by atomic mass is 10.0. The van der Waals surface area contributed by atoms with Crippen LogP contribution in [0.2, 0.25) is 5.02 Å². The van der Waals surface area contributed by atoms with E-state index in [0.717, 1.165) is 6.42 Å². The maximum absolute atomic E-state index is 12.2.